The zero-order valence-electron chi connectivity index (χ0n) is 8.65. The van der Waals surface area contributed by atoms with Gasteiger partial charge in [0.25, 0.3) is 0 Å². The van der Waals surface area contributed by atoms with E-state index in [4.69, 9.17) is 4.84 Å². The minimum Gasteiger partial charge on any atom is -0.281 e. The van der Waals surface area contributed by atoms with E-state index in [9.17, 15) is 8.42 Å². The molecule has 0 radical (unpaired) electrons. The lowest BCUT2D eigenvalue weighted by Gasteiger charge is -2.55. The summed E-state index contributed by atoms with van der Waals surface area (Å²) >= 11 is 0. The van der Waals surface area contributed by atoms with Crippen LogP contribution in [0, 0.1) is 17.8 Å². The van der Waals surface area contributed by atoms with E-state index in [-0.39, 0.29) is 5.60 Å². The summed E-state index contributed by atoms with van der Waals surface area (Å²) in [6, 6.07) is 0. The summed E-state index contributed by atoms with van der Waals surface area (Å²) in [7, 11) is -2.62. The van der Waals surface area contributed by atoms with Crippen LogP contribution in [0.3, 0.4) is 0 Å². The van der Waals surface area contributed by atoms with Gasteiger partial charge in [-0.15, -0.1) is 0 Å². The zero-order chi connectivity index (χ0) is 10.5. The summed E-state index contributed by atoms with van der Waals surface area (Å²) in [5.41, 5.74) is -0.163. The fourth-order valence-corrected chi connectivity index (χ4v) is 4.56. The molecule has 15 heavy (non-hydrogen) atoms. The monoisotopic (exact) mass is 231 g/mol. The third-order valence-corrected chi connectivity index (χ3v) is 4.56. The lowest BCUT2D eigenvalue weighted by molar-refractivity contribution is -0.178. The molecule has 0 heterocycles. The van der Waals surface area contributed by atoms with Crippen molar-refractivity contribution in [1.82, 2.24) is 4.89 Å². The van der Waals surface area contributed by atoms with Gasteiger partial charge in [0.05, 0.1) is 5.60 Å². The molecule has 0 aliphatic heterocycles. The van der Waals surface area contributed by atoms with E-state index in [1.807, 2.05) is 0 Å². The van der Waals surface area contributed by atoms with Crippen LogP contribution >= 0.6 is 0 Å². The summed E-state index contributed by atoms with van der Waals surface area (Å²) in [6.45, 7) is 0. The van der Waals surface area contributed by atoms with Gasteiger partial charge in [-0.2, -0.15) is 0 Å². The lowest BCUT2D eigenvalue weighted by atomic mass is 9.54. The van der Waals surface area contributed by atoms with E-state index in [0.717, 1.165) is 37.0 Å². The maximum Gasteiger partial charge on any atom is 0.223 e. The first-order valence-corrected chi connectivity index (χ1v) is 6.91. The molecule has 0 saturated heterocycles. The lowest BCUT2D eigenvalue weighted by Crippen LogP contribution is -2.53. The molecule has 0 aromatic heterocycles. The molecule has 4 fully saturated rings. The van der Waals surface area contributed by atoms with Gasteiger partial charge in [-0.1, -0.05) is 4.89 Å². The Morgan fingerprint density at radius 3 is 1.87 bits per heavy atom. The predicted octanol–water partition coefficient (Wildman–Crippen LogP) is 1.00. The van der Waals surface area contributed by atoms with Crippen LogP contribution in [0.4, 0.5) is 0 Å². The molecular weight excluding hydrogens is 214 g/mol. The minimum absolute atomic E-state index is 0.163. The van der Waals surface area contributed by atoms with E-state index in [1.165, 1.54) is 19.3 Å². The number of nitrogens with one attached hydrogen (secondary N) is 1. The first kappa shape index (κ1) is 10.1. The van der Waals surface area contributed by atoms with Crippen molar-refractivity contribution < 1.29 is 13.3 Å². The van der Waals surface area contributed by atoms with Crippen molar-refractivity contribution in [3.05, 3.63) is 0 Å². The van der Waals surface area contributed by atoms with Gasteiger partial charge in [0, 0.05) is 0 Å². The van der Waals surface area contributed by atoms with Crippen LogP contribution in [0.5, 0.6) is 0 Å². The molecule has 0 spiro atoms. The Labute approximate surface area is 91.4 Å². The van der Waals surface area contributed by atoms with Crippen molar-refractivity contribution in [1.29, 1.82) is 0 Å². The largest absolute Gasteiger partial charge is 0.281 e. The van der Waals surface area contributed by atoms with Crippen molar-refractivity contribution in [2.45, 2.75) is 44.1 Å². The Hall–Kier alpha value is -0.130. The molecule has 4 bridgehead atoms. The Morgan fingerprint density at radius 1 is 1.00 bits per heavy atom. The van der Waals surface area contributed by atoms with Gasteiger partial charge in [0.2, 0.25) is 10.9 Å². The van der Waals surface area contributed by atoms with Crippen molar-refractivity contribution >= 4 is 10.9 Å². The van der Waals surface area contributed by atoms with Gasteiger partial charge in [-0.3, -0.25) is 4.84 Å². The molecule has 86 valence electrons. The molecule has 0 unspecified atom stereocenters. The second kappa shape index (κ2) is 3.43. The highest BCUT2D eigenvalue weighted by Gasteiger charge is 2.52. The Morgan fingerprint density at radius 2 is 1.47 bits per heavy atom. The molecule has 4 aliphatic carbocycles. The molecule has 0 atom stereocenters. The fraction of sp³-hybridized carbons (Fsp3) is 1.00. The van der Waals surface area contributed by atoms with Crippen LogP contribution < -0.4 is 4.89 Å². The third kappa shape index (κ3) is 1.81. The molecule has 4 nitrogen and oxygen atoms in total. The summed E-state index contributed by atoms with van der Waals surface area (Å²) in [5.74, 6) is 2.34. The summed E-state index contributed by atoms with van der Waals surface area (Å²) in [5, 5.41) is 0. The first-order chi connectivity index (χ1) is 7.15. The average Bonchev–Trinajstić information content (AvgIpc) is 2.12. The second-order valence-electron chi connectivity index (χ2n) is 5.55. The van der Waals surface area contributed by atoms with E-state index < -0.39 is 10.9 Å². The quantitative estimate of drug-likeness (QED) is 0.563. The van der Waals surface area contributed by atoms with Crippen LogP contribution in [0.2, 0.25) is 0 Å². The standard InChI is InChI=1S/C10H17NO3S/c12-15(13)11-14-10-4-7-1-8(5-10)3-9(2-7)6-10/h7-9,15H,1-6H2,(H,11,12,13). The SMILES string of the molecule is O=[SH](=O)NOC12CC3CC(CC(C3)C1)C2. The highest BCUT2D eigenvalue weighted by Crippen LogP contribution is 2.56. The van der Waals surface area contributed by atoms with Crippen LogP contribution in [0.1, 0.15) is 38.5 Å². The third-order valence-electron chi connectivity index (χ3n) is 4.32. The van der Waals surface area contributed by atoms with E-state index >= 15 is 0 Å². The van der Waals surface area contributed by atoms with Crippen molar-refractivity contribution in [3.8, 4) is 0 Å². The summed E-state index contributed by atoms with van der Waals surface area (Å²) in [6.07, 6.45) is 7.17. The van der Waals surface area contributed by atoms with E-state index in [0.29, 0.717) is 0 Å². The molecular formula is C10H17NO3S. The maximum absolute atomic E-state index is 10.5. The Bertz CT molecular complexity index is 296. The fourth-order valence-electron chi connectivity index (χ4n) is 4.29. The topological polar surface area (TPSA) is 55.4 Å². The first-order valence-electron chi connectivity index (χ1n) is 5.73. The summed E-state index contributed by atoms with van der Waals surface area (Å²) in [4.78, 5) is 7.61. The van der Waals surface area contributed by atoms with E-state index in [2.05, 4.69) is 4.89 Å². The van der Waals surface area contributed by atoms with Crippen LogP contribution in [0.15, 0.2) is 0 Å². The normalized spacial score (nSPS) is 47.7. The molecule has 4 saturated carbocycles. The highest BCUT2D eigenvalue weighted by molar-refractivity contribution is 7.70. The van der Waals surface area contributed by atoms with Gasteiger partial charge in [-0.05, 0) is 56.3 Å². The minimum atomic E-state index is -2.62. The zero-order valence-corrected chi connectivity index (χ0v) is 9.54. The molecule has 0 aromatic carbocycles. The van der Waals surface area contributed by atoms with Crippen molar-refractivity contribution in [2.24, 2.45) is 17.8 Å². The summed E-state index contributed by atoms with van der Waals surface area (Å²) < 4.78 is 21.0. The van der Waals surface area contributed by atoms with Gasteiger partial charge < -0.3 is 0 Å². The predicted molar refractivity (Wildman–Crippen MR) is 55.4 cm³/mol. The second-order valence-corrected chi connectivity index (χ2v) is 6.25. The Kier molecular flexibility index (Phi) is 2.30. The Balaban J connectivity index is 1.75. The molecule has 0 aromatic rings. The maximum atomic E-state index is 10.5. The number of thiol groups is 1. The van der Waals surface area contributed by atoms with Gasteiger partial charge in [0.15, 0.2) is 0 Å². The molecule has 1 N–H and O–H groups in total. The molecule has 5 heteroatoms. The molecule has 4 aliphatic rings. The van der Waals surface area contributed by atoms with Crippen molar-refractivity contribution in [2.75, 3.05) is 0 Å². The number of hydrogen-bond acceptors (Lipinski definition) is 3. The van der Waals surface area contributed by atoms with Crippen molar-refractivity contribution in [3.63, 3.8) is 0 Å². The van der Waals surface area contributed by atoms with Crippen LogP contribution in [0.25, 0.3) is 0 Å². The molecule has 4 rings (SSSR count). The number of hydrogen-bond donors (Lipinski definition) is 2. The smallest absolute Gasteiger partial charge is 0.223 e. The van der Waals surface area contributed by atoms with Crippen LogP contribution in [-0.4, -0.2) is 14.0 Å². The number of rotatable bonds is 3. The molecule has 0 amide bonds. The van der Waals surface area contributed by atoms with Gasteiger partial charge in [-0.25, -0.2) is 8.42 Å². The van der Waals surface area contributed by atoms with Crippen LogP contribution in [-0.2, 0) is 15.7 Å². The van der Waals surface area contributed by atoms with Gasteiger partial charge in [0.1, 0.15) is 0 Å². The van der Waals surface area contributed by atoms with E-state index in [1.54, 1.807) is 0 Å². The van der Waals surface area contributed by atoms with Gasteiger partial charge >= 0.3 is 0 Å². The average molecular weight is 231 g/mol. The highest BCUT2D eigenvalue weighted by atomic mass is 32.2.